The zero-order valence-electron chi connectivity index (χ0n) is 20.0. The molecule has 1 atom stereocenters. The second-order valence-electron chi connectivity index (χ2n) is 8.36. The van der Waals surface area contributed by atoms with E-state index in [1.54, 1.807) is 13.8 Å². The summed E-state index contributed by atoms with van der Waals surface area (Å²) < 4.78 is 64.4. The van der Waals surface area contributed by atoms with Crippen molar-refractivity contribution in [2.45, 2.75) is 32.7 Å². The van der Waals surface area contributed by atoms with Gasteiger partial charge in [-0.1, -0.05) is 18.5 Å². The highest BCUT2D eigenvalue weighted by Crippen LogP contribution is 2.36. The first-order valence-electron chi connectivity index (χ1n) is 11.3. The average molecular weight is 550 g/mol. The average Bonchev–Trinajstić information content (AvgIpc) is 3.11. The number of ketones is 1. The molecule has 1 heterocycles. The molecule has 0 bridgehead atoms. The van der Waals surface area contributed by atoms with E-state index in [9.17, 15) is 32.3 Å². The summed E-state index contributed by atoms with van der Waals surface area (Å²) in [5.41, 5.74) is 0.976. The Labute approximate surface area is 219 Å². The summed E-state index contributed by atoms with van der Waals surface area (Å²) in [6.07, 6.45) is -6.11. The number of fused-ring (bicyclic) bond motifs is 1. The van der Waals surface area contributed by atoms with Gasteiger partial charge in [0, 0.05) is 39.9 Å². The van der Waals surface area contributed by atoms with Crippen LogP contribution < -0.4 is 9.47 Å². The molecule has 0 aliphatic carbocycles. The standard InChI is InChI=1S/C27H20ClF4NO5/c1-3-23(26(35)36)37-20-11-17(29)10-18(12-20)33-14(2)24(25(34)15-4-6-16(28)7-5-15)21-9-8-19(13-22(21)33)38-27(30,31)32/h4-13,23H,3H2,1-2H3,(H,35,36). The van der Waals surface area contributed by atoms with Gasteiger partial charge in [0.25, 0.3) is 0 Å². The molecule has 4 rings (SSSR count). The molecule has 0 saturated heterocycles. The minimum Gasteiger partial charge on any atom is -0.479 e. The van der Waals surface area contributed by atoms with Crippen molar-refractivity contribution >= 4 is 34.3 Å². The second-order valence-corrected chi connectivity index (χ2v) is 8.79. The fourth-order valence-electron chi connectivity index (χ4n) is 4.18. The predicted molar refractivity (Wildman–Crippen MR) is 132 cm³/mol. The predicted octanol–water partition coefficient (Wildman–Crippen LogP) is 7.10. The number of aliphatic carboxylic acids is 1. The number of nitrogens with zero attached hydrogens (tertiary/aromatic N) is 1. The first-order valence-corrected chi connectivity index (χ1v) is 11.7. The number of aromatic nitrogens is 1. The Morgan fingerprint density at radius 2 is 1.71 bits per heavy atom. The van der Waals surface area contributed by atoms with Crippen LogP contribution in [0.4, 0.5) is 17.6 Å². The first-order chi connectivity index (χ1) is 17.9. The third-order valence-electron chi connectivity index (χ3n) is 5.78. The molecule has 198 valence electrons. The monoisotopic (exact) mass is 549 g/mol. The van der Waals surface area contributed by atoms with Gasteiger partial charge in [-0.25, -0.2) is 9.18 Å². The molecule has 3 aromatic carbocycles. The van der Waals surface area contributed by atoms with Crippen LogP contribution in [0.2, 0.25) is 5.02 Å². The summed E-state index contributed by atoms with van der Waals surface area (Å²) >= 11 is 5.93. The summed E-state index contributed by atoms with van der Waals surface area (Å²) in [4.78, 5) is 24.9. The number of carboxylic acid groups (broad SMARTS) is 1. The lowest BCUT2D eigenvalue weighted by Crippen LogP contribution is -2.26. The smallest absolute Gasteiger partial charge is 0.479 e. The number of carbonyl (C=O) groups is 2. The van der Waals surface area contributed by atoms with Gasteiger partial charge in [-0.15, -0.1) is 13.2 Å². The van der Waals surface area contributed by atoms with Crippen molar-refractivity contribution in [3.63, 3.8) is 0 Å². The molecule has 0 spiro atoms. The van der Waals surface area contributed by atoms with Crippen molar-refractivity contribution in [3.8, 4) is 17.2 Å². The van der Waals surface area contributed by atoms with E-state index in [-0.39, 0.29) is 34.5 Å². The fourth-order valence-corrected chi connectivity index (χ4v) is 4.30. The molecular formula is C27H20ClF4NO5. The SMILES string of the molecule is CCC(Oc1cc(F)cc(-n2c(C)c(C(=O)c3ccc(Cl)cc3)c3ccc(OC(F)(F)F)cc32)c1)C(=O)O. The van der Waals surface area contributed by atoms with Crippen LogP contribution in [-0.4, -0.2) is 33.9 Å². The van der Waals surface area contributed by atoms with Gasteiger partial charge in [0.05, 0.1) is 16.8 Å². The topological polar surface area (TPSA) is 77.8 Å². The summed E-state index contributed by atoms with van der Waals surface area (Å²) in [7, 11) is 0. The minimum atomic E-state index is -4.96. The van der Waals surface area contributed by atoms with E-state index in [1.165, 1.54) is 41.0 Å². The molecule has 1 aromatic heterocycles. The Kier molecular flexibility index (Phi) is 7.37. The van der Waals surface area contributed by atoms with Gasteiger partial charge < -0.3 is 19.1 Å². The summed E-state index contributed by atoms with van der Waals surface area (Å²) in [6.45, 7) is 3.14. The van der Waals surface area contributed by atoms with E-state index in [2.05, 4.69) is 4.74 Å². The van der Waals surface area contributed by atoms with Crippen LogP contribution >= 0.6 is 11.6 Å². The number of rotatable bonds is 8. The van der Waals surface area contributed by atoms with Gasteiger partial charge >= 0.3 is 12.3 Å². The van der Waals surface area contributed by atoms with Gasteiger partial charge in [0.15, 0.2) is 11.9 Å². The van der Waals surface area contributed by atoms with Crippen LogP contribution in [0, 0.1) is 12.7 Å². The van der Waals surface area contributed by atoms with E-state index >= 15 is 0 Å². The van der Waals surface area contributed by atoms with Crippen molar-refractivity contribution in [2.24, 2.45) is 0 Å². The number of alkyl halides is 3. The second kappa shape index (κ2) is 10.4. The van der Waals surface area contributed by atoms with Crippen molar-refractivity contribution < 1.29 is 41.7 Å². The van der Waals surface area contributed by atoms with E-state index < -0.39 is 35.8 Å². The van der Waals surface area contributed by atoms with Gasteiger partial charge in [0.1, 0.15) is 17.3 Å². The lowest BCUT2D eigenvalue weighted by Gasteiger charge is -2.16. The Balaban J connectivity index is 1.94. The third kappa shape index (κ3) is 5.60. The van der Waals surface area contributed by atoms with Gasteiger partial charge in [-0.3, -0.25) is 4.79 Å². The van der Waals surface area contributed by atoms with Gasteiger partial charge in [0.2, 0.25) is 0 Å². The summed E-state index contributed by atoms with van der Waals surface area (Å²) in [5.74, 6) is -3.11. The van der Waals surface area contributed by atoms with Crippen molar-refractivity contribution in [2.75, 3.05) is 0 Å². The molecule has 38 heavy (non-hydrogen) atoms. The molecule has 0 amide bonds. The molecule has 1 N–H and O–H groups in total. The normalized spacial score (nSPS) is 12.4. The number of halogens is 5. The van der Waals surface area contributed by atoms with Gasteiger partial charge in [-0.05, 0) is 55.8 Å². The Morgan fingerprint density at radius 1 is 1.03 bits per heavy atom. The molecule has 0 aliphatic heterocycles. The van der Waals surface area contributed by atoms with Gasteiger partial charge in [-0.2, -0.15) is 0 Å². The number of hydrogen-bond acceptors (Lipinski definition) is 4. The largest absolute Gasteiger partial charge is 0.573 e. The molecular weight excluding hydrogens is 530 g/mol. The van der Waals surface area contributed by atoms with Crippen molar-refractivity contribution in [1.29, 1.82) is 0 Å². The number of ether oxygens (including phenoxy) is 2. The number of carbonyl (C=O) groups excluding carboxylic acids is 1. The minimum absolute atomic E-state index is 0.0991. The van der Waals surface area contributed by atoms with Crippen LogP contribution in [0.5, 0.6) is 11.5 Å². The lowest BCUT2D eigenvalue weighted by atomic mass is 10.0. The Morgan fingerprint density at radius 3 is 2.32 bits per heavy atom. The highest BCUT2D eigenvalue weighted by Gasteiger charge is 2.32. The summed E-state index contributed by atoms with van der Waals surface area (Å²) in [5, 5.41) is 10.0. The zero-order valence-corrected chi connectivity index (χ0v) is 20.7. The molecule has 0 fully saturated rings. The maximum atomic E-state index is 14.7. The van der Waals surface area contributed by atoms with Crippen LogP contribution in [0.25, 0.3) is 16.6 Å². The molecule has 11 heteroatoms. The highest BCUT2D eigenvalue weighted by molar-refractivity contribution is 6.30. The maximum absolute atomic E-state index is 14.7. The van der Waals surface area contributed by atoms with Crippen LogP contribution in [0.3, 0.4) is 0 Å². The molecule has 0 aliphatic rings. The zero-order chi connectivity index (χ0) is 27.8. The van der Waals surface area contributed by atoms with E-state index in [0.717, 1.165) is 24.3 Å². The molecule has 6 nitrogen and oxygen atoms in total. The first kappa shape index (κ1) is 27.0. The number of carboxylic acids is 1. The Hall–Kier alpha value is -4.05. The van der Waals surface area contributed by atoms with Crippen molar-refractivity contribution in [3.05, 3.63) is 88.3 Å². The highest BCUT2D eigenvalue weighted by atomic mass is 35.5. The molecule has 1 unspecified atom stereocenters. The number of hydrogen-bond donors (Lipinski definition) is 1. The molecule has 0 radical (unpaired) electrons. The quantitative estimate of drug-likeness (QED) is 0.187. The lowest BCUT2D eigenvalue weighted by molar-refractivity contribution is -0.274. The van der Waals surface area contributed by atoms with Crippen LogP contribution in [0.1, 0.15) is 35.0 Å². The summed E-state index contributed by atoms with van der Waals surface area (Å²) in [6, 6.07) is 13.0. The van der Waals surface area contributed by atoms with E-state index in [1.807, 2.05) is 0 Å². The van der Waals surface area contributed by atoms with Crippen LogP contribution in [-0.2, 0) is 4.79 Å². The Bertz CT molecular complexity index is 1530. The van der Waals surface area contributed by atoms with E-state index in [0.29, 0.717) is 16.1 Å². The maximum Gasteiger partial charge on any atom is 0.573 e. The van der Waals surface area contributed by atoms with E-state index in [4.69, 9.17) is 16.3 Å². The third-order valence-corrected chi connectivity index (χ3v) is 6.03. The molecule has 0 saturated carbocycles. The number of benzene rings is 3. The fraction of sp³-hybridized carbons (Fsp3) is 0.185. The van der Waals surface area contributed by atoms with Crippen LogP contribution in [0.15, 0.2) is 60.7 Å². The van der Waals surface area contributed by atoms with Crippen molar-refractivity contribution in [1.82, 2.24) is 4.57 Å². The molecule has 4 aromatic rings.